The lowest BCUT2D eigenvalue weighted by molar-refractivity contribution is -0.158. The zero-order valence-corrected chi connectivity index (χ0v) is 20.8. The van der Waals surface area contributed by atoms with Gasteiger partial charge in [-0.25, -0.2) is 9.78 Å². The predicted octanol–water partition coefficient (Wildman–Crippen LogP) is 2.77. The Bertz CT molecular complexity index is 1530. The van der Waals surface area contributed by atoms with Crippen LogP contribution in [0.2, 0.25) is 0 Å². The number of carbonyl (C=O) groups is 2. The molecular formula is C26H28N6O4. The van der Waals surface area contributed by atoms with Gasteiger partial charge in [0.15, 0.2) is 6.10 Å². The first-order chi connectivity index (χ1) is 17.2. The van der Waals surface area contributed by atoms with E-state index in [4.69, 9.17) is 9.72 Å². The number of carbonyl (C=O) groups excluding carboxylic acids is 2. The molecule has 186 valence electrons. The Hall–Kier alpha value is -4.08. The number of esters is 1. The SMILES string of the molecule is CC(=O)OC(C)C(=O)N1CCC(n2c(=O)n(C)c3cnc4ccc(-c5ccc(C)nc5)nc4c32)CC1. The van der Waals surface area contributed by atoms with Gasteiger partial charge in [0.05, 0.1) is 28.4 Å². The van der Waals surface area contributed by atoms with Gasteiger partial charge in [-0.3, -0.25) is 28.7 Å². The zero-order valence-electron chi connectivity index (χ0n) is 20.8. The van der Waals surface area contributed by atoms with Crippen molar-refractivity contribution < 1.29 is 14.3 Å². The van der Waals surface area contributed by atoms with Crippen LogP contribution in [0, 0.1) is 6.92 Å². The maximum atomic E-state index is 13.4. The monoisotopic (exact) mass is 488 g/mol. The smallest absolute Gasteiger partial charge is 0.329 e. The number of amides is 1. The second-order valence-electron chi connectivity index (χ2n) is 9.26. The van der Waals surface area contributed by atoms with Crippen molar-refractivity contribution >= 4 is 33.9 Å². The van der Waals surface area contributed by atoms with Crippen LogP contribution >= 0.6 is 0 Å². The molecule has 1 unspecified atom stereocenters. The summed E-state index contributed by atoms with van der Waals surface area (Å²) in [6.45, 7) is 5.74. The number of likely N-dealkylation sites (tertiary alicyclic amines) is 1. The Morgan fingerprint density at radius 2 is 1.83 bits per heavy atom. The van der Waals surface area contributed by atoms with Gasteiger partial charge in [0.25, 0.3) is 5.91 Å². The zero-order chi connectivity index (χ0) is 25.6. The number of imidazole rings is 1. The first-order valence-electron chi connectivity index (χ1n) is 12.0. The topological polar surface area (TPSA) is 112 Å². The minimum Gasteiger partial charge on any atom is -0.453 e. The number of pyridine rings is 3. The third kappa shape index (κ3) is 4.12. The van der Waals surface area contributed by atoms with Gasteiger partial charge in [-0.2, -0.15) is 0 Å². The van der Waals surface area contributed by atoms with E-state index in [-0.39, 0.29) is 17.6 Å². The van der Waals surface area contributed by atoms with Gasteiger partial charge >= 0.3 is 11.7 Å². The van der Waals surface area contributed by atoms with E-state index in [1.807, 2.05) is 31.2 Å². The van der Waals surface area contributed by atoms with Crippen LogP contribution in [0.15, 0.2) is 41.5 Å². The summed E-state index contributed by atoms with van der Waals surface area (Å²) in [7, 11) is 1.74. The second-order valence-corrected chi connectivity index (χ2v) is 9.26. The summed E-state index contributed by atoms with van der Waals surface area (Å²) >= 11 is 0. The molecule has 0 bridgehead atoms. The fourth-order valence-electron chi connectivity index (χ4n) is 4.91. The van der Waals surface area contributed by atoms with Crippen molar-refractivity contribution in [2.75, 3.05) is 13.1 Å². The number of piperidine rings is 1. The van der Waals surface area contributed by atoms with Crippen LogP contribution in [0.3, 0.4) is 0 Å². The molecule has 0 aromatic carbocycles. The van der Waals surface area contributed by atoms with E-state index in [2.05, 4.69) is 9.97 Å². The minimum atomic E-state index is -0.826. The Labute approximate surface area is 207 Å². The molecule has 10 heteroatoms. The lowest BCUT2D eigenvalue weighted by Gasteiger charge is -2.33. The van der Waals surface area contributed by atoms with Gasteiger partial charge in [-0.05, 0) is 51.0 Å². The number of ether oxygens (including phenoxy) is 1. The number of hydrogen-bond donors (Lipinski definition) is 0. The Morgan fingerprint density at radius 1 is 1.08 bits per heavy atom. The summed E-state index contributed by atoms with van der Waals surface area (Å²) in [6.07, 6.45) is 3.88. The van der Waals surface area contributed by atoms with Crippen molar-refractivity contribution in [1.29, 1.82) is 0 Å². The summed E-state index contributed by atoms with van der Waals surface area (Å²) in [5, 5.41) is 0. The number of aromatic nitrogens is 5. The first-order valence-corrected chi connectivity index (χ1v) is 12.0. The van der Waals surface area contributed by atoms with Gasteiger partial charge in [0.1, 0.15) is 5.52 Å². The fourth-order valence-corrected chi connectivity index (χ4v) is 4.91. The second kappa shape index (κ2) is 9.18. The number of hydrogen-bond acceptors (Lipinski definition) is 7. The average Bonchev–Trinajstić information content (AvgIpc) is 3.13. The third-order valence-electron chi connectivity index (χ3n) is 6.80. The number of rotatable bonds is 4. The van der Waals surface area contributed by atoms with E-state index in [9.17, 15) is 14.4 Å². The van der Waals surface area contributed by atoms with E-state index < -0.39 is 12.1 Å². The van der Waals surface area contributed by atoms with E-state index in [1.54, 1.807) is 40.4 Å². The molecule has 1 aliphatic rings. The van der Waals surface area contributed by atoms with Crippen molar-refractivity contribution in [2.45, 2.75) is 45.8 Å². The summed E-state index contributed by atoms with van der Waals surface area (Å²) in [6, 6.07) is 7.64. The fraction of sp³-hybridized carbons (Fsp3) is 0.385. The standard InChI is InChI=1S/C26H28N6O4/c1-15-5-6-18(13-27-15)20-7-8-21-23(29-20)24-22(14-28-21)30(4)26(35)32(24)19-9-11-31(12-10-19)25(34)16(2)36-17(3)33/h5-8,13-14,16,19H,9-12H2,1-4H3. The largest absolute Gasteiger partial charge is 0.453 e. The summed E-state index contributed by atoms with van der Waals surface area (Å²) in [5.41, 5.74) is 5.24. The van der Waals surface area contributed by atoms with Crippen molar-refractivity contribution in [1.82, 2.24) is 29.0 Å². The van der Waals surface area contributed by atoms with Crippen LogP contribution in [0.1, 0.15) is 38.4 Å². The van der Waals surface area contributed by atoms with Crippen LogP contribution in [0.5, 0.6) is 0 Å². The minimum absolute atomic E-state index is 0.105. The molecule has 1 amide bonds. The van der Waals surface area contributed by atoms with Crippen LogP contribution in [0.4, 0.5) is 0 Å². The molecule has 5 rings (SSSR count). The Morgan fingerprint density at radius 3 is 2.50 bits per heavy atom. The highest BCUT2D eigenvalue weighted by Gasteiger charge is 2.30. The van der Waals surface area contributed by atoms with Crippen LogP contribution in [-0.2, 0) is 21.4 Å². The van der Waals surface area contributed by atoms with Gasteiger partial charge in [0.2, 0.25) is 0 Å². The highest BCUT2D eigenvalue weighted by molar-refractivity contribution is 6.00. The number of fused-ring (bicyclic) bond motifs is 3. The summed E-state index contributed by atoms with van der Waals surface area (Å²) in [5.74, 6) is -0.705. The molecule has 10 nitrogen and oxygen atoms in total. The molecule has 4 aromatic rings. The van der Waals surface area contributed by atoms with Gasteiger partial charge in [0, 0.05) is 50.6 Å². The van der Waals surface area contributed by atoms with Crippen molar-refractivity contribution in [3.63, 3.8) is 0 Å². The maximum absolute atomic E-state index is 13.4. The molecule has 1 saturated heterocycles. The molecule has 36 heavy (non-hydrogen) atoms. The van der Waals surface area contributed by atoms with Crippen molar-refractivity contribution in [3.8, 4) is 11.3 Å². The molecule has 5 heterocycles. The number of nitrogens with zero attached hydrogens (tertiary/aromatic N) is 6. The molecule has 0 N–H and O–H groups in total. The Balaban J connectivity index is 1.53. The molecule has 0 spiro atoms. The maximum Gasteiger partial charge on any atom is 0.329 e. The quantitative estimate of drug-likeness (QED) is 0.406. The highest BCUT2D eigenvalue weighted by atomic mass is 16.5. The van der Waals surface area contributed by atoms with E-state index >= 15 is 0 Å². The van der Waals surface area contributed by atoms with Crippen molar-refractivity contribution in [2.24, 2.45) is 7.05 Å². The highest BCUT2D eigenvalue weighted by Crippen LogP contribution is 2.30. The number of aryl methyl sites for hydroxylation is 2. The van der Waals surface area contributed by atoms with Crippen LogP contribution < -0.4 is 5.69 Å². The first kappa shape index (κ1) is 23.7. The van der Waals surface area contributed by atoms with E-state index in [0.29, 0.717) is 42.5 Å². The molecule has 4 aromatic heterocycles. The molecule has 1 aliphatic heterocycles. The van der Waals surface area contributed by atoms with E-state index in [1.165, 1.54) is 6.92 Å². The molecule has 1 atom stereocenters. The summed E-state index contributed by atoms with van der Waals surface area (Å²) < 4.78 is 8.46. The van der Waals surface area contributed by atoms with Crippen LogP contribution in [-0.4, -0.2) is 60.1 Å². The van der Waals surface area contributed by atoms with Crippen LogP contribution in [0.25, 0.3) is 33.3 Å². The van der Waals surface area contributed by atoms with E-state index in [0.717, 1.165) is 22.5 Å². The van der Waals surface area contributed by atoms with Gasteiger partial charge in [-0.15, -0.1) is 0 Å². The van der Waals surface area contributed by atoms with Gasteiger partial charge < -0.3 is 9.64 Å². The lowest BCUT2D eigenvalue weighted by atomic mass is 10.0. The molecule has 0 radical (unpaired) electrons. The normalized spacial score (nSPS) is 15.4. The molecule has 0 saturated carbocycles. The molecule has 0 aliphatic carbocycles. The Kier molecular flexibility index (Phi) is 6.03. The van der Waals surface area contributed by atoms with Gasteiger partial charge in [-0.1, -0.05) is 0 Å². The molecule has 1 fully saturated rings. The summed E-state index contributed by atoms with van der Waals surface area (Å²) in [4.78, 5) is 52.8. The lowest BCUT2D eigenvalue weighted by Crippen LogP contribution is -2.45. The average molecular weight is 489 g/mol. The van der Waals surface area contributed by atoms with Crippen molar-refractivity contribution in [3.05, 3.63) is 52.8 Å². The third-order valence-corrected chi connectivity index (χ3v) is 6.80. The molecular weight excluding hydrogens is 460 g/mol. The predicted molar refractivity (Wildman–Crippen MR) is 134 cm³/mol.